The standard InChI is InChI=1S/C24H20N4O2S/c1-2-16-12-14-17(15-13-16)28-23(25)22(31(29,30)18-8-4-3-5-9-18)21-24(28)27-20-11-7-6-10-19(20)26-21/h3-15H,2,25H2,1H3. The number of nitrogens with two attached hydrogens (primary N) is 1. The molecular weight excluding hydrogens is 408 g/mol. The predicted molar refractivity (Wildman–Crippen MR) is 122 cm³/mol. The number of nitrogens with zero attached hydrogens (tertiary/aromatic N) is 3. The Kier molecular flexibility index (Phi) is 4.48. The number of rotatable bonds is 4. The Morgan fingerprint density at radius 2 is 1.45 bits per heavy atom. The summed E-state index contributed by atoms with van der Waals surface area (Å²) in [5.41, 5.74) is 10.4. The van der Waals surface area contributed by atoms with Gasteiger partial charge in [-0.3, -0.25) is 4.57 Å². The second-order valence-corrected chi connectivity index (χ2v) is 9.16. The maximum Gasteiger partial charge on any atom is 0.212 e. The minimum Gasteiger partial charge on any atom is -0.384 e. The number of aromatic nitrogens is 3. The minimum atomic E-state index is -3.91. The Morgan fingerprint density at radius 1 is 0.839 bits per heavy atom. The van der Waals surface area contributed by atoms with Gasteiger partial charge in [0.15, 0.2) is 5.65 Å². The van der Waals surface area contributed by atoms with Crippen molar-refractivity contribution in [1.82, 2.24) is 14.5 Å². The molecule has 6 nitrogen and oxygen atoms in total. The maximum atomic E-state index is 13.6. The molecule has 0 fully saturated rings. The molecule has 0 aliphatic rings. The summed E-state index contributed by atoms with van der Waals surface area (Å²) >= 11 is 0. The number of fused-ring (bicyclic) bond motifs is 2. The molecule has 0 aliphatic heterocycles. The average molecular weight is 429 g/mol. The van der Waals surface area contributed by atoms with Crippen molar-refractivity contribution in [3.8, 4) is 5.69 Å². The minimum absolute atomic E-state index is 0.0217. The molecule has 0 amide bonds. The molecule has 0 aliphatic carbocycles. The average Bonchev–Trinajstić information content (AvgIpc) is 3.09. The third kappa shape index (κ3) is 3.05. The molecule has 5 aromatic rings. The Balaban J connectivity index is 1.89. The third-order valence-corrected chi connectivity index (χ3v) is 7.21. The molecule has 0 radical (unpaired) electrons. The van der Waals surface area contributed by atoms with Crippen LogP contribution in [0.15, 0.2) is 88.7 Å². The largest absolute Gasteiger partial charge is 0.384 e. The lowest BCUT2D eigenvalue weighted by Gasteiger charge is -2.09. The van der Waals surface area contributed by atoms with Gasteiger partial charge in [0.2, 0.25) is 9.84 Å². The van der Waals surface area contributed by atoms with Gasteiger partial charge in [0.05, 0.1) is 15.9 Å². The number of hydrogen-bond donors (Lipinski definition) is 1. The fraction of sp³-hybridized carbons (Fsp3) is 0.0833. The van der Waals surface area contributed by atoms with E-state index in [4.69, 9.17) is 10.7 Å². The molecular formula is C24H20N4O2S. The highest BCUT2D eigenvalue weighted by atomic mass is 32.2. The Morgan fingerprint density at radius 3 is 2.10 bits per heavy atom. The molecule has 0 saturated heterocycles. The molecule has 7 heteroatoms. The van der Waals surface area contributed by atoms with E-state index in [2.05, 4.69) is 11.9 Å². The predicted octanol–water partition coefficient (Wildman–Crippen LogP) is 4.55. The van der Waals surface area contributed by atoms with E-state index in [-0.39, 0.29) is 21.1 Å². The molecule has 0 unspecified atom stereocenters. The molecule has 2 N–H and O–H groups in total. The summed E-state index contributed by atoms with van der Waals surface area (Å²) in [6.07, 6.45) is 0.903. The van der Waals surface area contributed by atoms with Crippen molar-refractivity contribution >= 4 is 37.9 Å². The van der Waals surface area contributed by atoms with E-state index >= 15 is 0 Å². The summed E-state index contributed by atoms with van der Waals surface area (Å²) in [4.78, 5) is 9.55. The van der Waals surface area contributed by atoms with Crippen LogP contribution in [-0.2, 0) is 16.3 Å². The summed E-state index contributed by atoms with van der Waals surface area (Å²) < 4.78 is 28.8. The smallest absolute Gasteiger partial charge is 0.212 e. The number of anilines is 1. The van der Waals surface area contributed by atoms with Gasteiger partial charge in [0.25, 0.3) is 0 Å². The zero-order valence-corrected chi connectivity index (χ0v) is 17.7. The van der Waals surface area contributed by atoms with Gasteiger partial charge in [-0.15, -0.1) is 0 Å². The highest BCUT2D eigenvalue weighted by molar-refractivity contribution is 7.92. The Labute approximate surface area is 179 Å². The van der Waals surface area contributed by atoms with Crippen molar-refractivity contribution in [2.45, 2.75) is 23.1 Å². The highest BCUT2D eigenvalue weighted by Crippen LogP contribution is 2.37. The number of benzene rings is 3. The molecule has 2 aromatic heterocycles. The van der Waals surface area contributed by atoms with E-state index in [0.717, 1.165) is 12.1 Å². The van der Waals surface area contributed by atoms with Crippen LogP contribution in [0.5, 0.6) is 0 Å². The van der Waals surface area contributed by atoms with Crippen molar-refractivity contribution in [3.05, 3.63) is 84.4 Å². The Hall–Kier alpha value is -3.71. The van der Waals surface area contributed by atoms with Crippen LogP contribution in [0.3, 0.4) is 0 Å². The van der Waals surface area contributed by atoms with Gasteiger partial charge < -0.3 is 5.73 Å². The third-order valence-electron chi connectivity index (χ3n) is 5.38. The number of sulfone groups is 1. The lowest BCUT2D eigenvalue weighted by Crippen LogP contribution is -2.07. The van der Waals surface area contributed by atoms with Crippen LogP contribution in [0.1, 0.15) is 12.5 Å². The van der Waals surface area contributed by atoms with E-state index < -0.39 is 9.84 Å². The molecule has 5 rings (SSSR count). The molecule has 0 saturated carbocycles. The Bertz CT molecular complexity index is 1520. The van der Waals surface area contributed by atoms with Crippen LogP contribution >= 0.6 is 0 Å². The van der Waals surface area contributed by atoms with Gasteiger partial charge in [-0.05, 0) is 48.4 Å². The van der Waals surface area contributed by atoms with E-state index in [9.17, 15) is 8.42 Å². The number of para-hydroxylation sites is 2. The van der Waals surface area contributed by atoms with Crippen molar-refractivity contribution in [2.75, 3.05) is 5.73 Å². The van der Waals surface area contributed by atoms with E-state index in [1.54, 1.807) is 34.9 Å². The highest BCUT2D eigenvalue weighted by Gasteiger charge is 2.30. The van der Waals surface area contributed by atoms with Gasteiger partial charge in [-0.25, -0.2) is 18.4 Å². The van der Waals surface area contributed by atoms with Crippen LogP contribution < -0.4 is 5.73 Å². The molecule has 0 bridgehead atoms. The van der Waals surface area contributed by atoms with Gasteiger partial charge in [0.1, 0.15) is 16.2 Å². The fourth-order valence-electron chi connectivity index (χ4n) is 3.76. The maximum absolute atomic E-state index is 13.6. The lowest BCUT2D eigenvalue weighted by molar-refractivity contribution is 0.597. The summed E-state index contributed by atoms with van der Waals surface area (Å²) in [5, 5.41) is 0. The van der Waals surface area contributed by atoms with Crippen LogP contribution in [0.25, 0.3) is 27.9 Å². The lowest BCUT2D eigenvalue weighted by atomic mass is 10.1. The molecule has 0 atom stereocenters. The van der Waals surface area contributed by atoms with E-state index in [1.165, 1.54) is 5.56 Å². The van der Waals surface area contributed by atoms with Gasteiger partial charge in [-0.2, -0.15) is 0 Å². The first-order valence-electron chi connectivity index (χ1n) is 9.97. The first-order chi connectivity index (χ1) is 15.0. The second-order valence-electron chi connectivity index (χ2n) is 7.27. The molecule has 31 heavy (non-hydrogen) atoms. The van der Waals surface area contributed by atoms with E-state index in [0.29, 0.717) is 16.7 Å². The van der Waals surface area contributed by atoms with Crippen LogP contribution in [0, 0.1) is 0 Å². The van der Waals surface area contributed by atoms with Crippen molar-refractivity contribution in [1.29, 1.82) is 0 Å². The van der Waals surface area contributed by atoms with Gasteiger partial charge in [-0.1, -0.05) is 49.4 Å². The molecule has 0 spiro atoms. The van der Waals surface area contributed by atoms with E-state index in [1.807, 2.05) is 48.5 Å². The number of aryl methyl sites for hydroxylation is 1. The first kappa shape index (κ1) is 19.3. The van der Waals surface area contributed by atoms with Crippen LogP contribution in [-0.4, -0.2) is 23.0 Å². The summed E-state index contributed by atoms with van der Waals surface area (Å²) in [5.74, 6) is 0.0957. The molecule has 3 aromatic carbocycles. The van der Waals surface area contributed by atoms with Crippen molar-refractivity contribution in [2.24, 2.45) is 0 Å². The summed E-state index contributed by atoms with van der Waals surface area (Å²) in [6.45, 7) is 2.08. The summed E-state index contributed by atoms with van der Waals surface area (Å²) in [6, 6.07) is 23.5. The molecule has 154 valence electrons. The van der Waals surface area contributed by atoms with Gasteiger partial charge in [0, 0.05) is 5.69 Å². The quantitative estimate of drug-likeness (QED) is 0.453. The zero-order valence-electron chi connectivity index (χ0n) is 16.9. The monoisotopic (exact) mass is 428 g/mol. The fourth-order valence-corrected chi connectivity index (χ4v) is 5.27. The summed E-state index contributed by atoms with van der Waals surface area (Å²) in [7, 11) is -3.91. The van der Waals surface area contributed by atoms with Gasteiger partial charge >= 0.3 is 0 Å². The van der Waals surface area contributed by atoms with Crippen LogP contribution in [0.2, 0.25) is 0 Å². The number of nitrogen functional groups attached to an aromatic ring is 1. The van der Waals surface area contributed by atoms with Crippen LogP contribution in [0.4, 0.5) is 5.82 Å². The van der Waals surface area contributed by atoms with Crippen molar-refractivity contribution in [3.63, 3.8) is 0 Å². The topological polar surface area (TPSA) is 90.9 Å². The zero-order chi connectivity index (χ0) is 21.6. The van der Waals surface area contributed by atoms with Crippen molar-refractivity contribution < 1.29 is 8.42 Å². The number of hydrogen-bond acceptors (Lipinski definition) is 5. The SMILES string of the molecule is CCc1ccc(-n2c(N)c(S(=O)(=O)c3ccccc3)c3nc4ccccc4nc32)cc1. The molecule has 2 heterocycles. The first-order valence-corrected chi connectivity index (χ1v) is 11.4. The normalized spacial score (nSPS) is 11.9. The second kappa shape index (κ2) is 7.21.